The molecular weight excluding hydrogens is 180 g/mol. The summed E-state index contributed by atoms with van der Waals surface area (Å²) in [7, 11) is 0. The molecule has 0 saturated carbocycles. The van der Waals surface area contributed by atoms with Crippen LogP contribution in [-0.4, -0.2) is 25.6 Å². The van der Waals surface area contributed by atoms with Crippen LogP contribution in [0.1, 0.15) is 5.56 Å². The van der Waals surface area contributed by atoms with Gasteiger partial charge in [-0.15, -0.1) is 0 Å². The Hall–Kier alpha value is -2.24. The molecule has 6 heteroatoms. The van der Waals surface area contributed by atoms with E-state index in [1.165, 1.54) is 17.2 Å². The fraction of sp³-hybridized carbons (Fsp3) is 0. The van der Waals surface area contributed by atoms with Gasteiger partial charge in [0.25, 0.3) is 0 Å². The van der Waals surface area contributed by atoms with E-state index in [2.05, 4.69) is 15.1 Å². The van der Waals surface area contributed by atoms with Gasteiger partial charge in [0.1, 0.15) is 18.5 Å². The van der Waals surface area contributed by atoms with E-state index in [-0.39, 0.29) is 5.84 Å². The number of aromatic nitrogens is 4. The van der Waals surface area contributed by atoms with Crippen LogP contribution in [0.25, 0.3) is 5.82 Å². The first-order valence-electron chi connectivity index (χ1n) is 3.93. The van der Waals surface area contributed by atoms with Crippen molar-refractivity contribution in [3.8, 4) is 5.82 Å². The van der Waals surface area contributed by atoms with Crippen molar-refractivity contribution >= 4 is 5.84 Å². The summed E-state index contributed by atoms with van der Waals surface area (Å²) in [6.45, 7) is 0. The van der Waals surface area contributed by atoms with Gasteiger partial charge in [-0.05, 0) is 12.1 Å². The summed E-state index contributed by atoms with van der Waals surface area (Å²) in [5, 5.41) is 11.1. The minimum Gasteiger partial charge on any atom is -0.384 e. The zero-order chi connectivity index (χ0) is 9.97. The lowest BCUT2D eigenvalue weighted by Gasteiger charge is -2.00. The van der Waals surface area contributed by atoms with Crippen LogP contribution < -0.4 is 5.73 Å². The maximum Gasteiger partial charge on any atom is 0.155 e. The van der Waals surface area contributed by atoms with Crippen molar-refractivity contribution in [3.63, 3.8) is 0 Å². The van der Waals surface area contributed by atoms with Crippen molar-refractivity contribution in [3.05, 3.63) is 36.5 Å². The van der Waals surface area contributed by atoms with Crippen LogP contribution in [0.3, 0.4) is 0 Å². The summed E-state index contributed by atoms with van der Waals surface area (Å²) in [6.07, 6.45) is 4.51. The van der Waals surface area contributed by atoms with Crippen molar-refractivity contribution in [2.75, 3.05) is 0 Å². The molecule has 0 unspecified atom stereocenters. The van der Waals surface area contributed by atoms with Crippen molar-refractivity contribution in [2.45, 2.75) is 0 Å². The molecule has 70 valence electrons. The summed E-state index contributed by atoms with van der Waals surface area (Å²) < 4.78 is 1.53. The third-order valence-electron chi connectivity index (χ3n) is 1.71. The minimum atomic E-state index is 0.00244. The number of pyridine rings is 1. The summed E-state index contributed by atoms with van der Waals surface area (Å²) in [6, 6.07) is 3.44. The molecule has 14 heavy (non-hydrogen) atoms. The number of nitrogens with one attached hydrogen (secondary N) is 1. The van der Waals surface area contributed by atoms with Gasteiger partial charge in [0.05, 0.1) is 0 Å². The van der Waals surface area contributed by atoms with Gasteiger partial charge >= 0.3 is 0 Å². The van der Waals surface area contributed by atoms with E-state index in [0.717, 1.165) is 0 Å². The van der Waals surface area contributed by atoms with Gasteiger partial charge in [0, 0.05) is 11.8 Å². The smallest absolute Gasteiger partial charge is 0.155 e. The summed E-state index contributed by atoms with van der Waals surface area (Å²) in [4.78, 5) is 7.88. The van der Waals surface area contributed by atoms with Crippen LogP contribution in [0.4, 0.5) is 0 Å². The number of nitrogens with zero attached hydrogens (tertiary/aromatic N) is 4. The highest BCUT2D eigenvalue weighted by Crippen LogP contribution is 2.02. The van der Waals surface area contributed by atoms with Crippen molar-refractivity contribution in [1.82, 2.24) is 19.7 Å². The van der Waals surface area contributed by atoms with Gasteiger partial charge in [-0.25, -0.2) is 14.6 Å². The van der Waals surface area contributed by atoms with Crippen LogP contribution in [0.5, 0.6) is 0 Å². The Balaban J connectivity index is 2.36. The van der Waals surface area contributed by atoms with Gasteiger partial charge in [-0.3, -0.25) is 5.41 Å². The highest BCUT2D eigenvalue weighted by molar-refractivity contribution is 5.94. The fourth-order valence-corrected chi connectivity index (χ4v) is 1.01. The average Bonchev–Trinajstić information content (AvgIpc) is 2.71. The van der Waals surface area contributed by atoms with Gasteiger partial charge in [0.2, 0.25) is 0 Å². The Morgan fingerprint density at radius 2 is 2.29 bits per heavy atom. The van der Waals surface area contributed by atoms with E-state index in [9.17, 15) is 0 Å². The molecule has 0 atom stereocenters. The molecule has 0 spiro atoms. The molecule has 2 heterocycles. The highest BCUT2D eigenvalue weighted by Gasteiger charge is 1.99. The number of hydrogen-bond donors (Lipinski definition) is 2. The molecule has 0 aliphatic carbocycles. The van der Waals surface area contributed by atoms with E-state index in [4.69, 9.17) is 11.1 Å². The number of rotatable bonds is 2. The molecule has 2 rings (SSSR count). The quantitative estimate of drug-likeness (QED) is 0.510. The second-order valence-electron chi connectivity index (χ2n) is 2.66. The lowest BCUT2D eigenvalue weighted by atomic mass is 10.2. The SMILES string of the molecule is N=C(N)c1ccc(-n2cncn2)nc1. The fourth-order valence-electron chi connectivity index (χ4n) is 1.01. The number of nitrogen functional groups attached to an aromatic ring is 1. The normalized spacial score (nSPS) is 10.0. The van der Waals surface area contributed by atoms with Gasteiger partial charge < -0.3 is 5.73 Å². The van der Waals surface area contributed by atoms with Crippen LogP contribution in [0.15, 0.2) is 31.0 Å². The lowest BCUT2D eigenvalue weighted by molar-refractivity contribution is 0.845. The van der Waals surface area contributed by atoms with Crippen LogP contribution in [0, 0.1) is 5.41 Å². The van der Waals surface area contributed by atoms with Crippen LogP contribution in [-0.2, 0) is 0 Å². The van der Waals surface area contributed by atoms with Gasteiger partial charge in [0.15, 0.2) is 5.82 Å². The van der Waals surface area contributed by atoms with Crippen molar-refractivity contribution in [2.24, 2.45) is 5.73 Å². The third kappa shape index (κ3) is 1.45. The van der Waals surface area contributed by atoms with E-state index in [0.29, 0.717) is 11.4 Å². The Bertz CT molecular complexity index is 429. The zero-order valence-corrected chi connectivity index (χ0v) is 7.25. The molecule has 0 radical (unpaired) electrons. The third-order valence-corrected chi connectivity index (χ3v) is 1.71. The zero-order valence-electron chi connectivity index (χ0n) is 7.25. The maximum atomic E-state index is 7.18. The maximum absolute atomic E-state index is 7.18. The number of amidine groups is 1. The van der Waals surface area contributed by atoms with Gasteiger partial charge in [-0.1, -0.05) is 0 Å². The second kappa shape index (κ2) is 3.25. The standard InChI is InChI=1S/C8H8N6/c9-8(10)6-1-2-7(12-3-6)14-5-11-4-13-14/h1-5H,(H3,9,10). The highest BCUT2D eigenvalue weighted by atomic mass is 15.3. The molecule has 0 fully saturated rings. The molecule has 0 aromatic carbocycles. The van der Waals surface area contributed by atoms with Crippen molar-refractivity contribution in [1.29, 1.82) is 5.41 Å². The number of hydrogen-bond acceptors (Lipinski definition) is 4. The predicted octanol–water partition coefficient (Wildman–Crippen LogP) is -0.0536. The average molecular weight is 188 g/mol. The molecule has 0 aliphatic heterocycles. The van der Waals surface area contributed by atoms with E-state index in [1.807, 2.05) is 0 Å². The predicted molar refractivity (Wildman–Crippen MR) is 50.2 cm³/mol. The molecule has 2 aromatic heterocycles. The Morgan fingerprint density at radius 1 is 1.43 bits per heavy atom. The summed E-state index contributed by atoms with van der Waals surface area (Å²) >= 11 is 0. The van der Waals surface area contributed by atoms with Crippen LogP contribution in [0.2, 0.25) is 0 Å². The van der Waals surface area contributed by atoms with Gasteiger partial charge in [-0.2, -0.15) is 5.10 Å². The molecule has 0 aliphatic rings. The first-order chi connectivity index (χ1) is 6.77. The minimum absolute atomic E-state index is 0.00244. The molecule has 0 saturated heterocycles. The van der Waals surface area contributed by atoms with Crippen molar-refractivity contribution < 1.29 is 0 Å². The monoisotopic (exact) mass is 188 g/mol. The number of nitrogens with two attached hydrogens (primary N) is 1. The van der Waals surface area contributed by atoms with E-state index >= 15 is 0 Å². The second-order valence-corrected chi connectivity index (χ2v) is 2.66. The molecule has 2 aromatic rings. The molecule has 6 nitrogen and oxygen atoms in total. The van der Waals surface area contributed by atoms with E-state index < -0.39 is 0 Å². The molecule has 0 amide bonds. The first kappa shape index (κ1) is 8.36. The Labute approximate surface area is 79.9 Å². The molecular formula is C8H8N6. The Morgan fingerprint density at radius 3 is 2.79 bits per heavy atom. The Kier molecular flexibility index (Phi) is 1.94. The summed E-state index contributed by atoms with van der Waals surface area (Å²) in [5.41, 5.74) is 5.88. The first-order valence-corrected chi connectivity index (χ1v) is 3.93. The van der Waals surface area contributed by atoms with E-state index in [1.54, 1.807) is 18.5 Å². The topological polar surface area (TPSA) is 93.5 Å². The molecule has 0 bridgehead atoms. The summed E-state index contributed by atoms with van der Waals surface area (Å²) in [5.74, 6) is 0.648. The lowest BCUT2D eigenvalue weighted by Crippen LogP contribution is -2.11. The van der Waals surface area contributed by atoms with Crippen LogP contribution >= 0.6 is 0 Å². The largest absolute Gasteiger partial charge is 0.384 e. The molecule has 3 N–H and O–H groups in total.